The number of hydrogen-bond acceptors (Lipinski definition) is 2. The molecule has 15 heavy (non-hydrogen) atoms. The van der Waals surface area contributed by atoms with Crippen LogP contribution in [0.1, 0.15) is 0 Å². The van der Waals surface area contributed by atoms with Gasteiger partial charge in [0.2, 0.25) is 0 Å². The van der Waals surface area contributed by atoms with Crippen LogP contribution in [-0.2, 0) is 0 Å². The molecule has 0 saturated heterocycles. The minimum atomic E-state index is 0.235. The van der Waals surface area contributed by atoms with E-state index in [1.165, 1.54) is 0 Å². The van der Waals surface area contributed by atoms with E-state index in [4.69, 9.17) is 22.7 Å². The Morgan fingerprint density at radius 1 is 1.53 bits per heavy atom. The molecule has 0 unspecified atom stereocenters. The van der Waals surface area contributed by atoms with Gasteiger partial charge < -0.3 is 20.8 Å². The first-order valence-corrected chi connectivity index (χ1v) is 4.83. The van der Waals surface area contributed by atoms with Gasteiger partial charge in [0.25, 0.3) is 0 Å². The number of ether oxygens (including phenoxy) is 1. The molecule has 0 aliphatic rings. The van der Waals surface area contributed by atoms with E-state index in [9.17, 15) is 0 Å². The van der Waals surface area contributed by atoms with Gasteiger partial charge in [-0.2, -0.15) is 0 Å². The number of aromatic amines is 1. The highest BCUT2D eigenvalue weighted by Gasteiger charge is 2.05. The maximum absolute atomic E-state index is 5.44. The van der Waals surface area contributed by atoms with Crippen LogP contribution >= 0.6 is 12.2 Å². The Kier molecular flexibility index (Phi) is 2.47. The first-order valence-electron chi connectivity index (χ1n) is 4.42. The lowest BCUT2D eigenvalue weighted by molar-refractivity contribution is 0.415. The molecule has 1 aromatic carbocycles. The van der Waals surface area contributed by atoms with Gasteiger partial charge in [0.15, 0.2) is 5.11 Å². The molecule has 0 aliphatic heterocycles. The predicted octanol–water partition coefficient (Wildman–Crippen LogP) is 1.83. The number of benzene rings is 1. The molecule has 5 heteroatoms. The predicted molar refractivity (Wildman–Crippen MR) is 65.3 cm³/mol. The van der Waals surface area contributed by atoms with Gasteiger partial charge >= 0.3 is 0 Å². The van der Waals surface area contributed by atoms with Crippen molar-refractivity contribution in [1.29, 1.82) is 0 Å². The first-order chi connectivity index (χ1) is 7.20. The highest BCUT2D eigenvalue weighted by Crippen LogP contribution is 2.28. The topological polar surface area (TPSA) is 63.1 Å². The zero-order valence-electron chi connectivity index (χ0n) is 8.20. The van der Waals surface area contributed by atoms with Crippen LogP contribution in [0.2, 0.25) is 0 Å². The lowest BCUT2D eigenvalue weighted by Crippen LogP contribution is -2.19. The van der Waals surface area contributed by atoms with E-state index in [0.29, 0.717) is 0 Å². The Hall–Kier alpha value is -1.75. The summed E-state index contributed by atoms with van der Waals surface area (Å²) >= 11 is 4.81. The Morgan fingerprint density at radius 2 is 2.33 bits per heavy atom. The highest BCUT2D eigenvalue weighted by atomic mass is 32.1. The number of methoxy groups -OCH3 is 1. The van der Waals surface area contributed by atoms with Crippen molar-refractivity contribution < 1.29 is 4.74 Å². The fraction of sp³-hybridized carbons (Fsp3) is 0.100. The van der Waals surface area contributed by atoms with Crippen LogP contribution in [0.3, 0.4) is 0 Å². The fourth-order valence-electron chi connectivity index (χ4n) is 1.49. The van der Waals surface area contributed by atoms with Gasteiger partial charge in [-0.05, 0) is 24.4 Å². The van der Waals surface area contributed by atoms with Gasteiger partial charge in [-0.1, -0.05) is 0 Å². The first kappa shape index (κ1) is 9.79. The summed E-state index contributed by atoms with van der Waals surface area (Å²) in [5.74, 6) is 0.765. The van der Waals surface area contributed by atoms with Crippen LogP contribution < -0.4 is 15.8 Å². The van der Waals surface area contributed by atoms with Crippen LogP contribution in [0.4, 0.5) is 5.69 Å². The molecular formula is C10H11N3OS. The second-order valence-electron chi connectivity index (χ2n) is 3.11. The van der Waals surface area contributed by atoms with E-state index in [1.807, 2.05) is 24.4 Å². The van der Waals surface area contributed by atoms with E-state index < -0.39 is 0 Å². The van der Waals surface area contributed by atoms with Crippen LogP contribution in [0.15, 0.2) is 24.4 Å². The summed E-state index contributed by atoms with van der Waals surface area (Å²) in [7, 11) is 1.62. The second kappa shape index (κ2) is 3.78. The van der Waals surface area contributed by atoms with Crippen molar-refractivity contribution in [2.24, 2.45) is 5.73 Å². The molecule has 0 amide bonds. The molecule has 0 bridgehead atoms. The summed E-state index contributed by atoms with van der Waals surface area (Å²) in [4.78, 5) is 3.11. The van der Waals surface area contributed by atoms with Crippen LogP contribution in [-0.4, -0.2) is 17.2 Å². The van der Waals surface area contributed by atoms with Gasteiger partial charge in [0.05, 0.1) is 18.3 Å². The maximum Gasteiger partial charge on any atom is 0.168 e. The molecule has 0 fully saturated rings. The van der Waals surface area contributed by atoms with E-state index >= 15 is 0 Å². The van der Waals surface area contributed by atoms with Crippen molar-refractivity contribution in [2.75, 3.05) is 12.4 Å². The molecule has 78 valence electrons. The number of nitrogens with two attached hydrogens (primary N) is 1. The molecule has 2 rings (SSSR count). The zero-order valence-corrected chi connectivity index (χ0v) is 9.02. The Balaban J connectivity index is 2.57. The van der Waals surface area contributed by atoms with Crippen molar-refractivity contribution in [2.45, 2.75) is 0 Å². The second-order valence-corrected chi connectivity index (χ2v) is 3.55. The number of nitrogens with one attached hydrogen (secondary N) is 2. The molecule has 0 spiro atoms. The summed E-state index contributed by atoms with van der Waals surface area (Å²) in [6.45, 7) is 0. The molecule has 0 atom stereocenters. The van der Waals surface area contributed by atoms with E-state index in [-0.39, 0.29) is 5.11 Å². The van der Waals surface area contributed by atoms with Gasteiger partial charge in [-0.15, -0.1) is 0 Å². The third-order valence-corrected chi connectivity index (χ3v) is 2.23. The van der Waals surface area contributed by atoms with Gasteiger partial charge in [-0.3, -0.25) is 0 Å². The third kappa shape index (κ3) is 1.87. The minimum Gasteiger partial charge on any atom is -0.497 e. The average molecular weight is 221 g/mol. The SMILES string of the molecule is COc1cc(NC(N)=S)c2[nH]ccc2c1. The van der Waals surface area contributed by atoms with Crippen molar-refractivity contribution >= 4 is 33.9 Å². The summed E-state index contributed by atoms with van der Waals surface area (Å²) in [6.07, 6.45) is 1.86. The number of aromatic nitrogens is 1. The van der Waals surface area contributed by atoms with Gasteiger partial charge in [-0.25, -0.2) is 0 Å². The Bertz CT molecular complexity index is 506. The van der Waals surface area contributed by atoms with E-state index in [0.717, 1.165) is 22.3 Å². The smallest absolute Gasteiger partial charge is 0.168 e. The van der Waals surface area contributed by atoms with Crippen molar-refractivity contribution in [3.05, 3.63) is 24.4 Å². The van der Waals surface area contributed by atoms with Crippen LogP contribution in [0.5, 0.6) is 5.75 Å². The Morgan fingerprint density at radius 3 is 3.00 bits per heavy atom. The summed E-state index contributed by atoms with van der Waals surface area (Å²) < 4.78 is 5.18. The summed E-state index contributed by atoms with van der Waals surface area (Å²) in [5.41, 5.74) is 7.22. The van der Waals surface area contributed by atoms with Crippen LogP contribution in [0, 0.1) is 0 Å². The van der Waals surface area contributed by atoms with Crippen molar-refractivity contribution in [3.63, 3.8) is 0 Å². The maximum atomic E-state index is 5.44. The fourth-order valence-corrected chi connectivity index (χ4v) is 1.60. The van der Waals surface area contributed by atoms with Gasteiger partial charge in [0.1, 0.15) is 5.75 Å². The number of rotatable bonds is 2. The standard InChI is InChI=1S/C10H11N3OS/c1-14-7-4-6-2-3-12-9(6)8(5-7)13-10(11)15/h2-5,12H,1H3,(H3,11,13,15). The molecule has 0 radical (unpaired) electrons. The number of thiocarbonyl (C=S) groups is 1. The quantitative estimate of drug-likeness (QED) is 0.677. The van der Waals surface area contributed by atoms with Crippen molar-refractivity contribution in [3.8, 4) is 5.75 Å². The monoisotopic (exact) mass is 221 g/mol. The molecule has 0 saturated carbocycles. The summed E-state index contributed by atoms with van der Waals surface area (Å²) in [6, 6.07) is 5.75. The average Bonchev–Trinajstić information content (AvgIpc) is 2.64. The van der Waals surface area contributed by atoms with Gasteiger partial charge in [0, 0.05) is 17.6 Å². The minimum absolute atomic E-state index is 0.235. The molecule has 1 aromatic heterocycles. The molecule has 0 aliphatic carbocycles. The molecule has 4 nitrogen and oxygen atoms in total. The van der Waals surface area contributed by atoms with Crippen LogP contribution in [0.25, 0.3) is 10.9 Å². The number of hydrogen-bond donors (Lipinski definition) is 3. The number of fused-ring (bicyclic) bond motifs is 1. The lowest BCUT2D eigenvalue weighted by Gasteiger charge is -2.08. The number of H-pyrrole nitrogens is 1. The normalized spacial score (nSPS) is 10.2. The molecule has 4 N–H and O–H groups in total. The third-order valence-electron chi connectivity index (χ3n) is 2.13. The van der Waals surface area contributed by atoms with E-state index in [1.54, 1.807) is 7.11 Å². The summed E-state index contributed by atoms with van der Waals surface area (Å²) in [5, 5.41) is 4.19. The Labute approximate surface area is 92.4 Å². The lowest BCUT2D eigenvalue weighted by atomic mass is 10.2. The number of anilines is 1. The molecule has 1 heterocycles. The van der Waals surface area contributed by atoms with E-state index in [2.05, 4.69) is 10.3 Å². The van der Waals surface area contributed by atoms with Crippen molar-refractivity contribution in [1.82, 2.24) is 4.98 Å². The molecular weight excluding hydrogens is 210 g/mol. The highest BCUT2D eigenvalue weighted by molar-refractivity contribution is 7.80. The molecule has 2 aromatic rings. The largest absolute Gasteiger partial charge is 0.497 e. The zero-order chi connectivity index (χ0) is 10.8.